The molecule has 0 bridgehead atoms. The molecule has 0 aromatic heterocycles. The molecule has 0 aliphatic carbocycles. The Kier molecular flexibility index (Phi) is 8.48. The van der Waals surface area contributed by atoms with Crippen LogP contribution in [0.25, 0.3) is 0 Å². The average molecular weight is 230 g/mol. The van der Waals surface area contributed by atoms with Crippen molar-refractivity contribution in [2.75, 3.05) is 6.61 Å². The Labute approximate surface area is 105 Å². The molecule has 0 fully saturated rings. The van der Waals surface area contributed by atoms with Crippen LogP contribution in [0.4, 0.5) is 0 Å². The van der Waals surface area contributed by atoms with E-state index in [2.05, 4.69) is 20.1 Å². The molecule has 0 unspecified atom stereocenters. The van der Waals surface area contributed by atoms with Crippen molar-refractivity contribution >= 4 is 0 Å². The molecule has 0 N–H and O–H groups in total. The lowest BCUT2D eigenvalue weighted by atomic mass is 10.2. The first-order valence-electron chi connectivity index (χ1n) is 5.89. The zero-order chi connectivity index (χ0) is 13.1. The minimum atomic E-state index is 0.526. The Hall–Kier alpha value is -1.76. The zero-order valence-corrected chi connectivity index (χ0v) is 11.1. The van der Waals surface area contributed by atoms with Gasteiger partial charge in [0.05, 0.1) is 0 Å². The summed E-state index contributed by atoms with van der Waals surface area (Å²) in [5.41, 5.74) is 2.25. The molecule has 1 heteroatoms. The third kappa shape index (κ3) is 6.41. The number of aryl methyl sites for hydroxylation is 1. The van der Waals surface area contributed by atoms with E-state index in [1.807, 2.05) is 44.2 Å². The van der Waals surface area contributed by atoms with Crippen LogP contribution in [0.3, 0.4) is 0 Å². The molecule has 0 spiro atoms. The third-order valence-electron chi connectivity index (χ3n) is 2.02. The zero-order valence-electron chi connectivity index (χ0n) is 11.1. The van der Waals surface area contributed by atoms with E-state index in [1.165, 1.54) is 5.56 Å². The molecule has 17 heavy (non-hydrogen) atoms. The van der Waals surface area contributed by atoms with Gasteiger partial charge in [-0.05, 0) is 24.6 Å². The first-order valence-corrected chi connectivity index (χ1v) is 5.89. The fourth-order valence-corrected chi connectivity index (χ4v) is 1.13. The van der Waals surface area contributed by atoms with Crippen LogP contribution in [0.15, 0.2) is 61.2 Å². The Balaban J connectivity index is 0.00000121. The maximum Gasteiger partial charge on any atom is 0.119 e. The molecule has 92 valence electrons. The number of hydrogen-bond donors (Lipinski definition) is 0. The maximum absolute atomic E-state index is 5.58. The van der Waals surface area contributed by atoms with Gasteiger partial charge in [-0.2, -0.15) is 0 Å². The van der Waals surface area contributed by atoms with Gasteiger partial charge in [-0.15, -0.1) is 0 Å². The smallest absolute Gasteiger partial charge is 0.119 e. The van der Waals surface area contributed by atoms with Gasteiger partial charge in [-0.25, -0.2) is 0 Å². The van der Waals surface area contributed by atoms with E-state index in [0.717, 1.165) is 11.3 Å². The first-order chi connectivity index (χ1) is 8.26. The largest absolute Gasteiger partial charge is 0.489 e. The van der Waals surface area contributed by atoms with Gasteiger partial charge in [0.2, 0.25) is 0 Å². The fourth-order valence-electron chi connectivity index (χ4n) is 1.13. The molecule has 1 aromatic rings. The lowest BCUT2D eigenvalue weighted by Gasteiger charge is -2.06. The lowest BCUT2D eigenvalue weighted by Crippen LogP contribution is -1.98. The predicted octanol–water partition coefficient (Wildman–Crippen LogP) is 4.70. The molecule has 0 aliphatic rings. The van der Waals surface area contributed by atoms with Gasteiger partial charge in [0.25, 0.3) is 0 Å². The highest BCUT2D eigenvalue weighted by molar-refractivity contribution is 5.28. The van der Waals surface area contributed by atoms with Gasteiger partial charge in [0, 0.05) is 0 Å². The molecule has 0 saturated heterocycles. The van der Waals surface area contributed by atoms with Crippen LogP contribution < -0.4 is 4.74 Å². The van der Waals surface area contributed by atoms with Crippen molar-refractivity contribution in [3.63, 3.8) is 0 Å². The van der Waals surface area contributed by atoms with Crippen LogP contribution in [0.5, 0.6) is 5.75 Å². The molecule has 0 amide bonds. The highest BCUT2D eigenvalue weighted by Crippen LogP contribution is 2.12. The van der Waals surface area contributed by atoms with Crippen molar-refractivity contribution in [2.24, 2.45) is 0 Å². The number of hydrogen-bond acceptors (Lipinski definition) is 1. The van der Waals surface area contributed by atoms with Crippen molar-refractivity contribution in [3.05, 3.63) is 66.8 Å². The minimum absolute atomic E-state index is 0.526. The van der Waals surface area contributed by atoms with E-state index >= 15 is 0 Å². The van der Waals surface area contributed by atoms with E-state index in [1.54, 1.807) is 12.2 Å². The number of ether oxygens (including phenoxy) is 1. The molecule has 0 atom stereocenters. The Bertz CT molecular complexity index is 358. The summed E-state index contributed by atoms with van der Waals surface area (Å²) in [6.07, 6.45) is 5.40. The lowest BCUT2D eigenvalue weighted by molar-refractivity contribution is 0.355. The second-order valence-electron chi connectivity index (χ2n) is 3.28. The van der Waals surface area contributed by atoms with Gasteiger partial charge in [-0.1, -0.05) is 62.9 Å². The summed E-state index contributed by atoms with van der Waals surface area (Å²) in [5.74, 6) is 0.873. The minimum Gasteiger partial charge on any atom is -0.489 e. The Morgan fingerprint density at radius 1 is 1.18 bits per heavy atom. The SMILES string of the molecule is C=C/C=C(\C=C)COc1ccc(C)cc1.CC. The first kappa shape index (κ1) is 15.2. The topological polar surface area (TPSA) is 9.23 Å². The van der Waals surface area contributed by atoms with Crippen LogP contribution in [0, 0.1) is 6.92 Å². The van der Waals surface area contributed by atoms with Gasteiger partial charge < -0.3 is 4.74 Å². The van der Waals surface area contributed by atoms with E-state index in [0.29, 0.717) is 6.61 Å². The predicted molar refractivity (Wildman–Crippen MR) is 76.5 cm³/mol. The summed E-state index contributed by atoms with van der Waals surface area (Å²) in [4.78, 5) is 0. The van der Waals surface area contributed by atoms with Gasteiger partial charge in [0.1, 0.15) is 12.4 Å². The molecular formula is C16H22O. The fraction of sp³-hybridized carbons (Fsp3) is 0.250. The van der Waals surface area contributed by atoms with Crippen LogP contribution in [0.2, 0.25) is 0 Å². The number of rotatable bonds is 5. The molecule has 0 radical (unpaired) electrons. The third-order valence-corrected chi connectivity index (χ3v) is 2.02. The summed E-state index contributed by atoms with van der Waals surface area (Å²) >= 11 is 0. The van der Waals surface area contributed by atoms with Gasteiger partial charge in [-0.3, -0.25) is 0 Å². The highest BCUT2D eigenvalue weighted by Gasteiger charge is 1.94. The van der Waals surface area contributed by atoms with E-state index in [9.17, 15) is 0 Å². The van der Waals surface area contributed by atoms with Crippen molar-refractivity contribution < 1.29 is 4.74 Å². The standard InChI is InChI=1S/C14H16O.C2H6/c1-4-6-13(5-2)11-15-14-9-7-12(3)8-10-14;1-2/h4-10H,1-2,11H2,3H3;1-2H3/b13-6+;. The highest BCUT2D eigenvalue weighted by atomic mass is 16.5. The second-order valence-corrected chi connectivity index (χ2v) is 3.28. The van der Waals surface area contributed by atoms with Gasteiger partial charge in [0.15, 0.2) is 0 Å². The van der Waals surface area contributed by atoms with Crippen molar-refractivity contribution in [1.29, 1.82) is 0 Å². The van der Waals surface area contributed by atoms with Crippen molar-refractivity contribution in [2.45, 2.75) is 20.8 Å². The molecule has 0 aliphatic heterocycles. The Morgan fingerprint density at radius 2 is 1.76 bits per heavy atom. The Morgan fingerprint density at radius 3 is 2.24 bits per heavy atom. The van der Waals surface area contributed by atoms with Crippen LogP contribution in [0.1, 0.15) is 19.4 Å². The number of allylic oxidation sites excluding steroid dienone is 2. The van der Waals surface area contributed by atoms with Crippen molar-refractivity contribution in [3.8, 4) is 5.75 Å². The normalized spacial score (nSPS) is 9.94. The van der Waals surface area contributed by atoms with E-state index in [-0.39, 0.29) is 0 Å². The quantitative estimate of drug-likeness (QED) is 0.666. The summed E-state index contributed by atoms with van der Waals surface area (Å²) in [7, 11) is 0. The molecule has 1 aromatic carbocycles. The summed E-state index contributed by atoms with van der Waals surface area (Å²) in [6.45, 7) is 13.9. The second kappa shape index (κ2) is 9.46. The van der Waals surface area contributed by atoms with Crippen LogP contribution in [-0.4, -0.2) is 6.61 Å². The van der Waals surface area contributed by atoms with Crippen LogP contribution >= 0.6 is 0 Å². The molecule has 1 rings (SSSR count). The van der Waals surface area contributed by atoms with E-state index < -0.39 is 0 Å². The molecule has 1 nitrogen and oxygen atoms in total. The average Bonchev–Trinajstić information content (AvgIpc) is 2.39. The molecule has 0 heterocycles. The number of benzene rings is 1. The van der Waals surface area contributed by atoms with Crippen LogP contribution in [-0.2, 0) is 0 Å². The monoisotopic (exact) mass is 230 g/mol. The van der Waals surface area contributed by atoms with Gasteiger partial charge >= 0.3 is 0 Å². The summed E-state index contributed by atoms with van der Waals surface area (Å²) in [6, 6.07) is 7.98. The maximum atomic E-state index is 5.58. The molecule has 0 saturated carbocycles. The summed E-state index contributed by atoms with van der Waals surface area (Å²) < 4.78 is 5.58. The van der Waals surface area contributed by atoms with Crippen molar-refractivity contribution in [1.82, 2.24) is 0 Å². The molecular weight excluding hydrogens is 208 g/mol. The summed E-state index contributed by atoms with van der Waals surface area (Å²) in [5, 5.41) is 0. The van der Waals surface area contributed by atoms with E-state index in [4.69, 9.17) is 4.74 Å².